The zero-order valence-corrected chi connectivity index (χ0v) is 14.9. The molecule has 2 aliphatic heterocycles. The average molecular weight is 332 g/mol. The summed E-state index contributed by atoms with van der Waals surface area (Å²) in [7, 11) is 4.40. The van der Waals surface area contributed by atoms with Gasteiger partial charge in [-0.2, -0.15) is 0 Å². The summed E-state index contributed by atoms with van der Waals surface area (Å²) < 4.78 is 20.0. The molecule has 132 valence electrons. The number of fused-ring (bicyclic) bond motifs is 1. The highest BCUT2D eigenvalue weighted by Gasteiger charge is 2.43. The summed E-state index contributed by atoms with van der Waals surface area (Å²) in [5.41, 5.74) is 2.19. The summed E-state index contributed by atoms with van der Waals surface area (Å²) in [6.07, 6.45) is 4.44. The molecule has 2 heterocycles. The van der Waals surface area contributed by atoms with Crippen molar-refractivity contribution in [1.82, 2.24) is 9.80 Å². The minimum atomic E-state index is -0.00841. The van der Waals surface area contributed by atoms with Crippen LogP contribution in [0.3, 0.4) is 0 Å². The van der Waals surface area contributed by atoms with Crippen molar-refractivity contribution in [2.24, 2.45) is 11.8 Å². The van der Waals surface area contributed by atoms with E-state index in [1.54, 1.807) is 6.07 Å². The summed E-state index contributed by atoms with van der Waals surface area (Å²) in [4.78, 5) is 4.96. The van der Waals surface area contributed by atoms with E-state index in [-0.39, 0.29) is 11.9 Å². The second kappa shape index (κ2) is 6.74. The summed E-state index contributed by atoms with van der Waals surface area (Å²) in [6, 6.07) is 6.44. The highest BCUT2D eigenvalue weighted by atomic mass is 19.1. The van der Waals surface area contributed by atoms with Crippen LogP contribution >= 0.6 is 0 Å². The molecule has 0 N–H and O–H groups in total. The van der Waals surface area contributed by atoms with Crippen LogP contribution in [0, 0.1) is 17.7 Å². The van der Waals surface area contributed by atoms with Gasteiger partial charge in [0, 0.05) is 44.0 Å². The first-order valence-corrected chi connectivity index (χ1v) is 9.40. The number of hydrogen-bond acceptors (Lipinski definition) is 3. The Morgan fingerprint density at radius 2 is 1.92 bits per heavy atom. The van der Waals surface area contributed by atoms with Gasteiger partial charge in [0.15, 0.2) is 0 Å². The van der Waals surface area contributed by atoms with E-state index in [4.69, 9.17) is 4.74 Å². The van der Waals surface area contributed by atoms with Crippen molar-refractivity contribution in [2.45, 2.75) is 37.8 Å². The lowest BCUT2D eigenvalue weighted by molar-refractivity contribution is 0.0365. The molecule has 0 spiro atoms. The molecule has 2 saturated heterocycles. The standard InChI is InChI=1S/C20H29FN2O/c1-22(2)19-13-23(12-16(19)14-8-10-24-11-9-14)18-7-6-15-4-3-5-17(21)20(15)18/h3-5,14,16,18-19H,6-13H2,1-2H3. The van der Waals surface area contributed by atoms with E-state index in [1.807, 2.05) is 6.07 Å². The molecule has 0 bridgehead atoms. The van der Waals surface area contributed by atoms with Crippen molar-refractivity contribution in [1.29, 1.82) is 0 Å². The number of likely N-dealkylation sites (tertiary alicyclic amines) is 1. The number of nitrogens with zero attached hydrogens (tertiary/aromatic N) is 2. The molecule has 3 atom stereocenters. The number of aryl methyl sites for hydroxylation is 1. The maximum absolute atomic E-state index is 14.4. The molecule has 3 unspecified atom stereocenters. The Bertz CT molecular complexity index is 585. The summed E-state index contributed by atoms with van der Waals surface area (Å²) in [6.45, 7) is 3.98. The first-order valence-electron chi connectivity index (χ1n) is 9.40. The van der Waals surface area contributed by atoms with Gasteiger partial charge in [-0.15, -0.1) is 0 Å². The number of ether oxygens (including phenoxy) is 1. The SMILES string of the molecule is CN(C)C1CN(C2CCc3cccc(F)c32)CC1C1CCOCC1. The fourth-order valence-electron chi connectivity index (χ4n) is 5.23. The van der Waals surface area contributed by atoms with Crippen molar-refractivity contribution in [2.75, 3.05) is 40.4 Å². The number of hydrogen-bond donors (Lipinski definition) is 0. The quantitative estimate of drug-likeness (QED) is 0.846. The van der Waals surface area contributed by atoms with Crippen molar-refractivity contribution < 1.29 is 9.13 Å². The van der Waals surface area contributed by atoms with Crippen LogP contribution in [0.2, 0.25) is 0 Å². The first kappa shape index (κ1) is 16.5. The summed E-state index contributed by atoms with van der Waals surface area (Å²) in [5, 5.41) is 0. The van der Waals surface area contributed by atoms with Crippen molar-refractivity contribution in [3.05, 3.63) is 35.1 Å². The minimum Gasteiger partial charge on any atom is -0.381 e. The van der Waals surface area contributed by atoms with Crippen LogP contribution in [0.4, 0.5) is 4.39 Å². The third-order valence-corrected chi connectivity index (χ3v) is 6.50. The van der Waals surface area contributed by atoms with Gasteiger partial charge in [0.25, 0.3) is 0 Å². The van der Waals surface area contributed by atoms with E-state index >= 15 is 0 Å². The van der Waals surface area contributed by atoms with Crippen molar-refractivity contribution >= 4 is 0 Å². The Morgan fingerprint density at radius 1 is 1.12 bits per heavy atom. The molecular formula is C20H29FN2O. The zero-order valence-electron chi connectivity index (χ0n) is 14.9. The maximum Gasteiger partial charge on any atom is 0.128 e. The normalized spacial score (nSPS) is 31.8. The van der Waals surface area contributed by atoms with Crippen LogP contribution in [0.25, 0.3) is 0 Å². The number of rotatable bonds is 3. The first-order chi connectivity index (χ1) is 11.6. The van der Waals surface area contributed by atoms with Gasteiger partial charge >= 0.3 is 0 Å². The van der Waals surface area contributed by atoms with Gasteiger partial charge in [-0.05, 0) is 63.2 Å². The molecule has 4 heteroatoms. The van der Waals surface area contributed by atoms with Gasteiger partial charge in [-0.25, -0.2) is 4.39 Å². The largest absolute Gasteiger partial charge is 0.381 e. The molecule has 1 aromatic carbocycles. The van der Waals surface area contributed by atoms with E-state index in [0.29, 0.717) is 12.0 Å². The molecule has 0 aromatic heterocycles. The second-order valence-electron chi connectivity index (χ2n) is 7.97. The highest BCUT2D eigenvalue weighted by molar-refractivity contribution is 5.36. The van der Waals surface area contributed by atoms with Gasteiger partial charge in [0.1, 0.15) is 5.82 Å². The maximum atomic E-state index is 14.4. The Labute approximate surface area is 144 Å². The minimum absolute atomic E-state index is 0.00841. The van der Waals surface area contributed by atoms with Crippen LogP contribution in [-0.2, 0) is 11.2 Å². The molecule has 1 aromatic rings. The van der Waals surface area contributed by atoms with Gasteiger partial charge in [0.05, 0.1) is 0 Å². The predicted octanol–water partition coefficient (Wildman–Crippen LogP) is 3.10. The zero-order chi connectivity index (χ0) is 16.7. The highest BCUT2D eigenvalue weighted by Crippen LogP contribution is 2.42. The van der Waals surface area contributed by atoms with E-state index in [2.05, 4.69) is 30.0 Å². The van der Waals surface area contributed by atoms with E-state index in [0.717, 1.165) is 50.6 Å². The molecule has 3 nitrogen and oxygen atoms in total. The van der Waals surface area contributed by atoms with Crippen LogP contribution in [0.1, 0.15) is 36.4 Å². The molecule has 2 fully saturated rings. The molecule has 0 amide bonds. The summed E-state index contributed by atoms with van der Waals surface area (Å²) in [5.74, 6) is 1.42. The lowest BCUT2D eigenvalue weighted by atomic mass is 9.82. The monoisotopic (exact) mass is 332 g/mol. The lowest BCUT2D eigenvalue weighted by Gasteiger charge is -2.33. The molecule has 0 saturated carbocycles. The molecule has 0 radical (unpaired) electrons. The smallest absolute Gasteiger partial charge is 0.128 e. The molecular weight excluding hydrogens is 303 g/mol. The average Bonchev–Trinajstić information content (AvgIpc) is 3.20. The number of benzene rings is 1. The van der Waals surface area contributed by atoms with Crippen LogP contribution < -0.4 is 0 Å². The Morgan fingerprint density at radius 3 is 2.67 bits per heavy atom. The fraction of sp³-hybridized carbons (Fsp3) is 0.700. The Hall–Kier alpha value is -0.970. The third kappa shape index (κ3) is 2.89. The van der Waals surface area contributed by atoms with E-state index in [9.17, 15) is 4.39 Å². The van der Waals surface area contributed by atoms with Crippen LogP contribution in [0.5, 0.6) is 0 Å². The Balaban J connectivity index is 1.56. The fourth-order valence-corrected chi connectivity index (χ4v) is 5.23. The van der Waals surface area contributed by atoms with Gasteiger partial charge in [0.2, 0.25) is 0 Å². The molecule has 3 aliphatic rings. The van der Waals surface area contributed by atoms with Crippen molar-refractivity contribution in [3.8, 4) is 0 Å². The lowest BCUT2D eigenvalue weighted by Crippen LogP contribution is -2.39. The Kier molecular flexibility index (Phi) is 4.63. The van der Waals surface area contributed by atoms with Crippen LogP contribution in [0.15, 0.2) is 18.2 Å². The predicted molar refractivity (Wildman–Crippen MR) is 93.5 cm³/mol. The van der Waals surface area contributed by atoms with Crippen LogP contribution in [-0.4, -0.2) is 56.2 Å². The second-order valence-corrected chi connectivity index (χ2v) is 7.97. The third-order valence-electron chi connectivity index (χ3n) is 6.50. The topological polar surface area (TPSA) is 15.7 Å². The van der Waals surface area contributed by atoms with E-state index < -0.39 is 0 Å². The number of likely N-dealkylation sites (N-methyl/N-ethyl adjacent to an activating group) is 1. The molecule has 4 rings (SSSR count). The van der Waals surface area contributed by atoms with Gasteiger partial charge < -0.3 is 9.64 Å². The summed E-state index contributed by atoms with van der Waals surface area (Å²) >= 11 is 0. The molecule has 1 aliphatic carbocycles. The van der Waals surface area contributed by atoms with E-state index in [1.165, 1.54) is 18.4 Å². The van der Waals surface area contributed by atoms with Crippen molar-refractivity contribution in [3.63, 3.8) is 0 Å². The van der Waals surface area contributed by atoms with Gasteiger partial charge in [-0.1, -0.05) is 12.1 Å². The molecule has 24 heavy (non-hydrogen) atoms. The number of halogens is 1. The van der Waals surface area contributed by atoms with Gasteiger partial charge in [-0.3, -0.25) is 4.90 Å².